The van der Waals surface area contributed by atoms with Crippen molar-refractivity contribution in [2.24, 2.45) is 46.3 Å². The summed E-state index contributed by atoms with van der Waals surface area (Å²) < 4.78 is 18.4. The molecule has 3 fully saturated rings. The van der Waals surface area contributed by atoms with Crippen LogP contribution in [0.1, 0.15) is 164 Å². The van der Waals surface area contributed by atoms with E-state index in [1.807, 2.05) is 0 Å². The van der Waals surface area contributed by atoms with Gasteiger partial charge in [0.2, 0.25) is 0 Å². The minimum Gasteiger partial charge on any atom is -0.380 e. The van der Waals surface area contributed by atoms with Crippen molar-refractivity contribution in [3.63, 3.8) is 0 Å². The molecule has 0 heterocycles. The average Bonchev–Trinajstić information content (AvgIpc) is 3.41. The maximum Gasteiger partial charge on any atom is 0.0644 e. The smallest absolute Gasteiger partial charge is 0.0644 e. The van der Waals surface area contributed by atoms with Crippen molar-refractivity contribution in [1.82, 2.24) is 4.90 Å². The van der Waals surface area contributed by atoms with Gasteiger partial charge in [0, 0.05) is 19.8 Å². The Bertz CT molecular complexity index is 932. The molecule has 0 radical (unpaired) electrons. The van der Waals surface area contributed by atoms with E-state index in [4.69, 9.17) is 14.2 Å². The van der Waals surface area contributed by atoms with Crippen molar-refractivity contribution in [3.8, 4) is 0 Å². The molecule has 4 aliphatic carbocycles. The number of likely N-dealkylation sites (N-methyl/N-ethyl adjacent to an activating group) is 1. The van der Waals surface area contributed by atoms with Gasteiger partial charge in [0.05, 0.1) is 25.4 Å². The number of hydrogen-bond acceptors (Lipinski definition) is 4. The highest BCUT2D eigenvalue weighted by Gasteiger charge is 2.59. The van der Waals surface area contributed by atoms with Crippen LogP contribution in [0.2, 0.25) is 0 Å². The summed E-state index contributed by atoms with van der Waals surface area (Å²) in [7, 11) is 4.25. The molecule has 280 valence electrons. The van der Waals surface area contributed by atoms with Gasteiger partial charge in [-0.05, 0) is 131 Å². The average molecular weight is 672 g/mol. The van der Waals surface area contributed by atoms with Gasteiger partial charge in [-0.3, -0.25) is 0 Å². The number of fused-ring (bicyclic) bond motifs is 5. The Morgan fingerprint density at radius 2 is 1.46 bits per heavy atom. The van der Waals surface area contributed by atoms with Crippen LogP contribution in [0.5, 0.6) is 0 Å². The first-order valence-corrected chi connectivity index (χ1v) is 21.2. The van der Waals surface area contributed by atoms with Crippen molar-refractivity contribution in [3.05, 3.63) is 11.6 Å². The normalized spacial score (nSPS) is 33.0. The molecule has 0 N–H and O–H groups in total. The van der Waals surface area contributed by atoms with Crippen LogP contribution in [0.25, 0.3) is 0 Å². The third kappa shape index (κ3) is 10.8. The molecule has 0 aliphatic heterocycles. The minimum atomic E-state index is 0.354. The van der Waals surface area contributed by atoms with Crippen LogP contribution in [0.4, 0.5) is 0 Å². The Balaban J connectivity index is 1.09. The quantitative estimate of drug-likeness (QED) is 0.0799. The summed E-state index contributed by atoms with van der Waals surface area (Å²) in [6, 6.07) is 0.354. The highest BCUT2D eigenvalue weighted by atomic mass is 16.5. The Hall–Kier alpha value is -0.420. The molecule has 0 spiro atoms. The minimum absolute atomic E-state index is 0.354. The number of nitrogens with zero attached hydrogens (tertiary/aromatic N) is 1. The van der Waals surface area contributed by atoms with Crippen LogP contribution in [0.15, 0.2) is 11.6 Å². The third-order valence-corrected chi connectivity index (χ3v) is 14.3. The second kappa shape index (κ2) is 20.0. The maximum atomic E-state index is 6.55. The molecule has 4 unspecified atom stereocenters. The zero-order chi connectivity index (χ0) is 34.6. The monoisotopic (exact) mass is 672 g/mol. The van der Waals surface area contributed by atoms with Crippen LogP contribution < -0.4 is 0 Å². The zero-order valence-electron chi connectivity index (χ0n) is 33.3. The molecule has 4 aliphatic rings. The Kier molecular flexibility index (Phi) is 16.8. The molecule has 4 nitrogen and oxygen atoms in total. The lowest BCUT2D eigenvalue weighted by molar-refractivity contribution is -0.0641. The lowest BCUT2D eigenvalue weighted by atomic mass is 9.47. The molecular formula is C44H81NO3. The fraction of sp³-hybridized carbons (Fsp3) is 0.955. The third-order valence-electron chi connectivity index (χ3n) is 14.3. The van der Waals surface area contributed by atoms with Crippen LogP contribution >= 0.6 is 0 Å². The second-order valence-corrected chi connectivity index (χ2v) is 18.3. The number of allylic oxidation sites excluding steroid dienone is 1. The molecule has 9 atom stereocenters. The fourth-order valence-corrected chi connectivity index (χ4v) is 11.1. The molecule has 0 saturated heterocycles. The van der Waals surface area contributed by atoms with Gasteiger partial charge in [0.25, 0.3) is 0 Å². The highest BCUT2D eigenvalue weighted by Crippen LogP contribution is 2.67. The summed E-state index contributed by atoms with van der Waals surface area (Å²) in [5.74, 6) is 5.51. The van der Waals surface area contributed by atoms with Gasteiger partial charge in [0.1, 0.15) is 0 Å². The molecule has 0 bridgehead atoms. The van der Waals surface area contributed by atoms with Crippen molar-refractivity contribution < 1.29 is 14.2 Å². The van der Waals surface area contributed by atoms with Crippen molar-refractivity contribution in [1.29, 1.82) is 0 Å². The van der Waals surface area contributed by atoms with Crippen LogP contribution in [0.3, 0.4) is 0 Å². The molecular weight excluding hydrogens is 590 g/mol. The van der Waals surface area contributed by atoms with E-state index < -0.39 is 0 Å². The molecule has 0 aromatic carbocycles. The van der Waals surface area contributed by atoms with Gasteiger partial charge in [-0.1, -0.05) is 105 Å². The molecule has 0 amide bonds. The van der Waals surface area contributed by atoms with Gasteiger partial charge in [-0.15, -0.1) is 0 Å². The van der Waals surface area contributed by atoms with E-state index in [-0.39, 0.29) is 0 Å². The van der Waals surface area contributed by atoms with Crippen LogP contribution in [-0.2, 0) is 14.2 Å². The Morgan fingerprint density at radius 1 is 0.771 bits per heavy atom. The van der Waals surface area contributed by atoms with Gasteiger partial charge in [-0.2, -0.15) is 0 Å². The van der Waals surface area contributed by atoms with E-state index in [2.05, 4.69) is 66.6 Å². The standard InChI is InChI=1S/C44H81NO3/c1-9-10-28-46-32-37(45(7)8)33-47-29-15-13-11-12-14-16-30-48-38-24-26-43(5)36(31-38)20-21-39-41-23-22-40(35(4)19-17-18-34(2)3)44(41,6)27-25-42(39)43/h20,34-35,37-42H,9-19,21-33H2,1-8H3/t35-,37?,38+,39?,40-,41?,42?,43+,44-/m1/s1. The van der Waals surface area contributed by atoms with Crippen LogP contribution in [0, 0.1) is 46.3 Å². The first-order chi connectivity index (χ1) is 23.1. The van der Waals surface area contributed by atoms with E-state index >= 15 is 0 Å². The first-order valence-electron chi connectivity index (χ1n) is 21.2. The summed E-state index contributed by atoms with van der Waals surface area (Å²) in [6.45, 7) is 19.2. The predicted molar refractivity (Wildman–Crippen MR) is 205 cm³/mol. The number of rotatable bonds is 23. The topological polar surface area (TPSA) is 30.9 Å². The van der Waals surface area contributed by atoms with E-state index in [1.165, 1.54) is 116 Å². The first kappa shape index (κ1) is 40.4. The maximum absolute atomic E-state index is 6.55. The van der Waals surface area contributed by atoms with Gasteiger partial charge in [-0.25, -0.2) is 0 Å². The van der Waals surface area contributed by atoms with Crippen LogP contribution in [-0.4, -0.2) is 64.2 Å². The van der Waals surface area contributed by atoms with Crippen molar-refractivity contribution >= 4 is 0 Å². The molecule has 0 aromatic heterocycles. The largest absolute Gasteiger partial charge is 0.380 e. The summed E-state index contributed by atoms with van der Waals surface area (Å²) >= 11 is 0. The summed E-state index contributed by atoms with van der Waals surface area (Å²) in [4.78, 5) is 2.23. The summed E-state index contributed by atoms with van der Waals surface area (Å²) in [5, 5.41) is 0. The van der Waals surface area contributed by atoms with E-state index in [0.29, 0.717) is 23.0 Å². The fourth-order valence-electron chi connectivity index (χ4n) is 11.1. The molecule has 3 saturated carbocycles. The highest BCUT2D eigenvalue weighted by molar-refractivity contribution is 5.25. The van der Waals surface area contributed by atoms with E-state index in [0.717, 1.165) is 75.0 Å². The van der Waals surface area contributed by atoms with Crippen molar-refractivity contribution in [2.45, 2.75) is 176 Å². The molecule has 4 heteroatoms. The van der Waals surface area contributed by atoms with Gasteiger partial charge >= 0.3 is 0 Å². The summed E-state index contributed by atoms with van der Waals surface area (Å²) in [6.07, 6.45) is 28.6. The lowest BCUT2D eigenvalue weighted by Crippen LogP contribution is -2.51. The number of hydrogen-bond donors (Lipinski definition) is 0. The number of ether oxygens (including phenoxy) is 3. The Morgan fingerprint density at radius 3 is 2.15 bits per heavy atom. The van der Waals surface area contributed by atoms with E-state index in [9.17, 15) is 0 Å². The molecule has 48 heavy (non-hydrogen) atoms. The summed E-state index contributed by atoms with van der Waals surface area (Å²) in [5.41, 5.74) is 2.81. The predicted octanol–water partition coefficient (Wildman–Crippen LogP) is 11.5. The van der Waals surface area contributed by atoms with Gasteiger partial charge < -0.3 is 19.1 Å². The molecule has 0 aromatic rings. The number of unbranched alkanes of at least 4 members (excludes halogenated alkanes) is 6. The lowest BCUT2D eigenvalue weighted by Gasteiger charge is -2.58. The SMILES string of the molecule is CCCCOCC(COCCCCCCCCO[C@H]1CC[C@@]2(C)C(=CCC3C2CC[C@@]2(C)C3CC[C@@H]2[C@H](C)CCCC(C)C)C1)N(C)C. The zero-order valence-corrected chi connectivity index (χ0v) is 33.3. The molecule has 4 rings (SSSR count). The second-order valence-electron chi connectivity index (χ2n) is 18.3. The van der Waals surface area contributed by atoms with Crippen molar-refractivity contribution in [2.75, 3.05) is 47.1 Å². The Labute approximate surface area is 299 Å². The van der Waals surface area contributed by atoms with E-state index in [1.54, 1.807) is 5.57 Å². The van der Waals surface area contributed by atoms with Gasteiger partial charge in [0.15, 0.2) is 0 Å².